The molecule has 2 heterocycles. The highest BCUT2D eigenvalue weighted by molar-refractivity contribution is 6.53. The van der Waals surface area contributed by atoms with Gasteiger partial charge in [0.05, 0.1) is 16.6 Å². The summed E-state index contributed by atoms with van der Waals surface area (Å²) in [6, 6.07) is 10.9. The van der Waals surface area contributed by atoms with E-state index in [1.165, 1.54) is 0 Å². The first-order valence-electron chi connectivity index (χ1n) is 6.62. The molecule has 1 aromatic carbocycles. The summed E-state index contributed by atoms with van der Waals surface area (Å²) in [4.78, 5) is 33.5. The molecule has 21 heavy (non-hydrogen) atoms. The Morgan fingerprint density at radius 1 is 0.905 bits per heavy atom. The molecule has 3 aromatic rings. The van der Waals surface area contributed by atoms with Crippen LogP contribution < -0.4 is 0 Å². The molecule has 0 radical (unpaired) electrons. The van der Waals surface area contributed by atoms with Crippen molar-refractivity contribution in [3.05, 3.63) is 59.3 Å². The molecule has 4 heteroatoms. The predicted molar refractivity (Wildman–Crippen MR) is 78.4 cm³/mol. The molecule has 2 aromatic heterocycles. The van der Waals surface area contributed by atoms with Crippen LogP contribution in [0.2, 0.25) is 0 Å². The van der Waals surface area contributed by atoms with Gasteiger partial charge in [0.15, 0.2) is 0 Å². The number of carbonyl (C=O) groups excluding carboxylic acids is 2. The van der Waals surface area contributed by atoms with Gasteiger partial charge in [0.1, 0.15) is 11.4 Å². The fourth-order valence-corrected chi connectivity index (χ4v) is 2.84. The number of aromatic nitrogens is 2. The first-order valence-corrected chi connectivity index (χ1v) is 6.62. The van der Waals surface area contributed by atoms with E-state index in [1.54, 1.807) is 18.3 Å². The van der Waals surface area contributed by atoms with E-state index < -0.39 is 11.6 Å². The van der Waals surface area contributed by atoms with Gasteiger partial charge in [-0.05, 0) is 30.7 Å². The van der Waals surface area contributed by atoms with Crippen LogP contribution in [-0.2, 0) is 0 Å². The van der Waals surface area contributed by atoms with Crippen LogP contribution in [-0.4, -0.2) is 21.5 Å². The van der Waals surface area contributed by atoms with Gasteiger partial charge in [0.2, 0.25) is 11.6 Å². The summed E-state index contributed by atoms with van der Waals surface area (Å²) in [7, 11) is 0. The molecule has 0 unspecified atom stereocenters. The fraction of sp³-hybridized carbons (Fsp3) is 0.0588. The minimum absolute atomic E-state index is 0.331. The molecule has 1 aliphatic rings. The first-order chi connectivity index (χ1) is 10.2. The van der Waals surface area contributed by atoms with Gasteiger partial charge in [0, 0.05) is 11.6 Å². The highest BCUT2D eigenvalue weighted by atomic mass is 16.2. The van der Waals surface area contributed by atoms with E-state index >= 15 is 0 Å². The number of aryl methyl sites for hydroxylation is 1. The van der Waals surface area contributed by atoms with Crippen molar-refractivity contribution in [2.24, 2.45) is 0 Å². The summed E-state index contributed by atoms with van der Waals surface area (Å²) < 4.78 is 0. The van der Waals surface area contributed by atoms with Gasteiger partial charge in [0.25, 0.3) is 0 Å². The topological polar surface area (TPSA) is 59.9 Å². The van der Waals surface area contributed by atoms with E-state index in [1.807, 2.05) is 31.2 Å². The molecular weight excluding hydrogens is 264 g/mol. The Hall–Kier alpha value is -2.88. The summed E-state index contributed by atoms with van der Waals surface area (Å²) >= 11 is 0. The lowest BCUT2D eigenvalue weighted by Gasteiger charge is -2.18. The lowest BCUT2D eigenvalue weighted by molar-refractivity contribution is 0.0814. The Labute approximate surface area is 120 Å². The molecule has 4 rings (SSSR count). The quantitative estimate of drug-likeness (QED) is 0.591. The average molecular weight is 274 g/mol. The standard InChI is InChI=1S/C17H10N2O2/c1-9-10-5-2-3-7-12(10)19-15-13(9)17(21)16(20)11-6-4-8-18-14(11)15/h2-8H,1H3. The molecule has 4 nitrogen and oxygen atoms in total. The Kier molecular flexibility index (Phi) is 2.30. The van der Waals surface area contributed by atoms with Crippen LogP contribution in [0.1, 0.15) is 26.3 Å². The summed E-state index contributed by atoms with van der Waals surface area (Å²) in [6.07, 6.45) is 1.61. The summed E-state index contributed by atoms with van der Waals surface area (Å²) in [6.45, 7) is 1.85. The molecule has 0 fully saturated rings. The van der Waals surface area contributed by atoms with E-state index in [-0.39, 0.29) is 0 Å². The van der Waals surface area contributed by atoms with Gasteiger partial charge in [-0.25, -0.2) is 4.98 Å². The normalized spacial score (nSPS) is 13.2. The van der Waals surface area contributed by atoms with E-state index in [4.69, 9.17) is 0 Å². The highest BCUT2D eigenvalue weighted by Gasteiger charge is 2.34. The molecule has 100 valence electrons. The number of rotatable bonds is 0. The van der Waals surface area contributed by atoms with Crippen LogP contribution in [0.3, 0.4) is 0 Å². The van der Waals surface area contributed by atoms with Crippen LogP contribution in [0.4, 0.5) is 0 Å². The van der Waals surface area contributed by atoms with Crippen LogP contribution in [0.25, 0.3) is 22.3 Å². The number of hydrogen-bond donors (Lipinski definition) is 0. The molecule has 0 saturated carbocycles. The first kappa shape index (κ1) is 11.9. The Morgan fingerprint density at radius 2 is 1.71 bits per heavy atom. The SMILES string of the molecule is Cc1c2c(nc3ccccc13)-c1ncccc1C(=O)C2=O. The zero-order chi connectivity index (χ0) is 14.6. The molecule has 0 spiro atoms. The fourth-order valence-electron chi connectivity index (χ4n) is 2.84. The van der Waals surface area contributed by atoms with Crippen LogP contribution in [0.15, 0.2) is 42.6 Å². The van der Waals surface area contributed by atoms with Gasteiger partial charge in [-0.3, -0.25) is 14.6 Å². The van der Waals surface area contributed by atoms with Crippen molar-refractivity contribution in [3.8, 4) is 11.4 Å². The zero-order valence-corrected chi connectivity index (χ0v) is 11.3. The minimum Gasteiger partial charge on any atom is -0.285 e. The molecule has 0 N–H and O–H groups in total. The second kappa shape index (κ2) is 4.06. The molecule has 1 aliphatic carbocycles. The number of benzene rings is 1. The minimum atomic E-state index is -0.509. The maximum Gasteiger partial charge on any atom is 0.236 e. The Morgan fingerprint density at radius 3 is 2.57 bits per heavy atom. The van der Waals surface area contributed by atoms with Gasteiger partial charge in [-0.15, -0.1) is 0 Å². The molecule has 0 atom stereocenters. The van der Waals surface area contributed by atoms with E-state index in [0.717, 1.165) is 16.5 Å². The molecular formula is C17H10N2O2. The Balaban J connectivity index is 2.20. The second-order valence-corrected chi connectivity index (χ2v) is 5.04. The van der Waals surface area contributed by atoms with Crippen molar-refractivity contribution >= 4 is 22.5 Å². The van der Waals surface area contributed by atoms with Gasteiger partial charge in [-0.1, -0.05) is 18.2 Å². The summed E-state index contributed by atoms with van der Waals surface area (Å²) in [5, 5.41) is 0.886. The predicted octanol–water partition coefficient (Wildman–Crippen LogP) is 2.98. The van der Waals surface area contributed by atoms with Gasteiger partial charge < -0.3 is 0 Å². The van der Waals surface area contributed by atoms with E-state index in [9.17, 15) is 9.59 Å². The van der Waals surface area contributed by atoms with Crippen molar-refractivity contribution in [3.63, 3.8) is 0 Å². The van der Waals surface area contributed by atoms with Crippen molar-refractivity contribution in [2.75, 3.05) is 0 Å². The number of hydrogen-bond acceptors (Lipinski definition) is 4. The summed E-state index contributed by atoms with van der Waals surface area (Å²) in [5.74, 6) is -1.01. The van der Waals surface area contributed by atoms with E-state index in [0.29, 0.717) is 22.5 Å². The lowest BCUT2D eigenvalue weighted by atomic mass is 9.86. The number of Topliss-reactive ketones (excluding diaryl/α,β-unsaturated/α-hetero) is 2. The molecule has 0 saturated heterocycles. The van der Waals surface area contributed by atoms with Crippen LogP contribution in [0.5, 0.6) is 0 Å². The third-order valence-corrected chi connectivity index (χ3v) is 3.86. The number of carbonyl (C=O) groups is 2. The number of fused-ring (bicyclic) bond motifs is 4. The van der Waals surface area contributed by atoms with Crippen molar-refractivity contribution in [1.82, 2.24) is 9.97 Å². The zero-order valence-electron chi connectivity index (χ0n) is 11.3. The van der Waals surface area contributed by atoms with Gasteiger partial charge in [-0.2, -0.15) is 0 Å². The number of pyridine rings is 2. The second-order valence-electron chi connectivity index (χ2n) is 5.04. The lowest BCUT2D eigenvalue weighted by Crippen LogP contribution is -2.24. The highest BCUT2D eigenvalue weighted by Crippen LogP contribution is 2.34. The molecule has 0 aliphatic heterocycles. The Bertz CT molecular complexity index is 945. The van der Waals surface area contributed by atoms with Gasteiger partial charge >= 0.3 is 0 Å². The van der Waals surface area contributed by atoms with Crippen molar-refractivity contribution in [1.29, 1.82) is 0 Å². The average Bonchev–Trinajstić information content (AvgIpc) is 2.52. The van der Waals surface area contributed by atoms with Crippen molar-refractivity contribution < 1.29 is 9.59 Å². The van der Waals surface area contributed by atoms with Crippen LogP contribution >= 0.6 is 0 Å². The monoisotopic (exact) mass is 274 g/mol. The largest absolute Gasteiger partial charge is 0.285 e. The number of ketones is 2. The smallest absolute Gasteiger partial charge is 0.236 e. The summed E-state index contributed by atoms with van der Waals surface area (Å²) in [5.41, 5.74) is 3.29. The number of nitrogens with zero attached hydrogens (tertiary/aromatic N) is 2. The third kappa shape index (κ3) is 1.50. The molecule has 0 bridgehead atoms. The third-order valence-electron chi connectivity index (χ3n) is 3.86. The molecule has 0 amide bonds. The van der Waals surface area contributed by atoms with Crippen LogP contribution in [0, 0.1) is 6.92 Å². The van der Waals surface area contributed by atoms with Crippen molar-refractivity contribution in [2.45, 2.75) is 6.92 Å². The number of para-hydroxylation sites is 1. The maximum absolute atomic E-state index is 12.4. The van der Waals surface area contributed by atoms with E-state index in [2.05, 4.69) is 9.97 Å². The maximum atomic E-state index is 12.4.